The van der Waals surface area contributed by atoms with Crippen molar-refractivity contribution >= 4 is 54.5 Å². The molecule has 224 valence electrons. The van der Waals surface area contributed by atoms with E-state index in [0.717, 1.165) is 27.6 Å². The van der Waals surface area contributed by atoms with Crippen molar-refractivity contribution in [1.29, 1.82) is 0 Å². The SMILES string of the molecule is c1ccc(-c2ccc3c4ccc(-c5ccccc5)cc4n(-c4ccc(-c5cccc6oc7ccccc7c56)c5ccccc45)c3c2)cc1. The van der Waals surface area contributed by atoms with Gasteiger partial charge in [0, 0.05) is 26.9 Å². The van der Waals surface area contributed by atoms with Gasteiger partial charge in [0.2, 0.25) is 0 Å². The molecule has 0 atom stereocenters. The van der Waals surface area contributed by atoms with Crippen molar-refractivity contribution in [3.05, 3.63) is 176 Å². The van der Waals surface area contributed by atoms with Crippen LogP contribution in [0.4, 0.5) is 0 Å². The van der Waals surface area contributed by atoms with Crippen LogP contribution in [0.1, 0.15) is 0 Å². The molecule has 10 aromatic rings. The summed E-state index contributed by atoms with van der Waals surface area (Å²) in [5.74, 6) is 0. The van der Waals surface area contributed by atoms with Crippen molar-refractivity contribution in [2.75, 3.05) is 0 Å². The van der Waals surface area contributed by atoms with Gasteiger partial charge in [-0.15, -0.1) is 0 Å². The van der Waals surface area contributed by atoms with E-state index in [2.05, 4.69) is 174 Å². The number of hydrogen-bond donors (Lipinski definition) is 0. The average molecular weight is 612 g/mol. The maximum atomic E-state index is 6.30. The molecule has 0 N–H and O–H groups in total. The van der Waals surface area contributed by atoms with E-state index in [9.17, 15) is 0 Å². The summed E-state index contributed by atoms with van der Waals surface area (Å²) in [5, 5.41) is 7.19. The minimum absolute atomic E-state index is 0.908. The molecule has 0 amide bonds. The van der Waals surface area contributed by atoms with Crippen LogP contribution in [0.3, 0.4) is 0 Å². The predicted octanol–water partition coefficient (Wildman–Crippen LogP) is 12.8. The molecule has 0 aliphatic heterocycles. The monoisotopic (exact) mass is 611 g/mol. The van der Waals surface area contributed by atoms with Crippen LogP contribution in [0.15, 0.2) is 180 Å². The molecule has 0 aliphatic carbocycles. The maximum absolute atomic E-state index is 6.30. The van der Waals surface area contributed by atoms with Crippen molar-refractivity contribution < 1.29 is 4.42 Å². The van der Waals surface area contributed by atoms with Crippen molar-refractivity contribution in [3.8, 4) is 39.1 Å². The summed E-state index contributed by atoms with van der Waals surface area (Å²) in [4.78, 5) is 0. The fourth-order valence-electron chi connectivity index (χ4n) is 7.61. The number of para-hydroxylation sites is 1. The van der Waals surface area contributed by atoms with E-state index in [1.165, 1.54) is 66.0 Å². The molecule has 0 bridgehead atoms. The number of benzene rings is 8. The second-order valence-corrected chi connectivity index (χ2v) is 12.5. The Morgan fingerprint density at radius 2 is 0.896 bits per heavy atom. The predicted molar refractivity (Wildman–Crippen MR) is 202 cm³/mol. The third-order valence-electron chi connectivity index (χ3n) is 9.82. The van der Waals surface area contributed by atoms with Gasteiger partial charge in [-0.2, -0.15) is 0 Å². The second kappa shape index (κ2) is 10.6. The topological polar surface area (TPSA) is 18.1 Å². The van der Waals surface area contributed by atoms with Crippen LogP contribution in [-0.2, 0) is 0 Å². The lowest BCUT2D eigenvalue weighted by atomic mass is 9.93. The fraction of sp³-hybridized carbons (Fsp3) is 0. The molecule has 8 aromatic carbocycles. The van der Waals surface area contributed by atoms with Crippen LogP contribution < -0.4 is 0 Å². The summed E-state index contributed by atoms with van der Waals surface area (Å²) < 4.78 is 8.77. The number of fused-ring (bicyclic) bond motifs is 7. The second-order valence-electron chi connectivity index (χ2n) is 12.5. The van der Waals surface area contributed by atoms with E-state index in [1.54, 1.807) is 0 Å². The van der Waals surface area contributed by atoms with Crippen molar-refractivity contribution in [3.63, 3.8) is 0 Å². The van der Waals surface area contributed by atoms with Gasteiger partial charge in [-0.25, -0.2) is 0 Å². The van der Waals surface area contributed by atoms with Crippen LogP contribution in [0.25, 0.3) is 93.6 Å². The molecule has 2 nitrogen and oxygen atoms in total. The standard InChI is InChI=1S/C46H29NO/c1-3-12-30(13-4-1)32-22-24-37-38-25-23-33(31-14-5-2-6-15-31)29-43(38)47(42(37)28-32)41-27-26-35(34-16-7-8-17-36(34)41)39-19-11-21-45-46(39)40-18-9-10-20-44(40)48-45/h1-29H. The number of furan rings is 1. The van der Waals surface area contributed by atoms with E-state index in [-0.39, 0.29) is 0 Å². The number of hydrogen-bond acceptors (Lipinski definition) is 1. The van der Waals surface area contributed by atoms with Gasteiger partial charge in [0.15, 0.2) is 0 Å². The number of rotatable bonds is 4. The lowest BCUT2D eigenvalue weighted by Gasteiger charge is -2.16. The summed E-state index contributed by atoms with van der Waals surface area (Å²) in [5.41, 5.74) is 12.6. The van der Waals surface area contributed by atoms with Crippen LogP contribution in [0.5, 0.6) is 0 Å². The van der Waals surface area contributed by atoms with E-state index >= 15 is 0 Å². The van der Waals surface area contributed by atoms with Crippen LogP contribution in [-0.4, -0.2) is 4.57 Å². The molecule has 2 heterocycles. The van der Waals surface area contributed by atoms with E-state index in [0.29, 0.717) is 0 Å². The Morgan fingerprint density at radius 1 is 0.333 bits per heavy atom. The zero-order valence-electron chi connectivity index (χ0n) is 26.1. The van der Waals surface area contributed by atoms with Crippen LogP contribution in [0, 0.1) is 0 Å². The lowest BCUT2D eigenvalue weighted by molar-refractivity contribution is 0.669. The number of nitrogens with zero attached hydrogens (tertiary/aromatic N) is 1. The Labute approximate surface area is 277 Å². The van der Waals surface area contributed by atoms with Crippen LogP contribution in [0.2, 0.25) is 0 Å². The highest BCUT2D eigenvalue weighted by molar-refractivity contribution is 6.17. The third kappa shape index (κ3) is 4.06. The van der Waals surface area contributed by atoms with Crippen LogP contribution >= 0.6 is 0 Å². The fourth-order valence-corrected chi connectivity index (χ4v) is 7.61. The van der Waals surface area contributed by atoms with Crippen molar-refractivity contribution in [2.45, 2.75) is 0 Å². The molecule has 0 radical (unpaired) electrons. The first-order valence-electron chi connectivity index (χ1n) is 16.4. The highest BCUT2D eigenvalue weighted by atomic mass is 16.3. The molecule has 0 spiro atoms. The Hall–Kier alpha value is -6.38. The van der Waals surface area contributed by atoms with Gasteiger partial charge in [-0.1, -0.05) is 146 Å². The Balaban J connectivity index is 1.28. The maximum Gasteiger partial charge on any atom is 0.136 e. The highest BCUT2D eigenvalue weighted by Gasteiger charge is 2.19. The van der Waals surface area contributed by atoms with Gasteiger partial charge in [-0.05, 0) is 69.1 Å². The average Bonchev–Trinajstić information content (AvgIpc) is 3.70. The molecule has 0 saturated heterocycles. The zero-order valence-corrected chi connectivity index (χ0v) is 26.1. The molecule has 2 heteroatoms. The van der Waals surface area contributed by atoms with E-state index < -0.39 is 0 Å². The molecule has 0 aliphatic rings. The normalized spacial score (nSPS) is 11.8. The van der Waals surface area contributed by atoms with E-state index in [4.69, 9.17) is 4.42 Å². The first-order chi connectivity index (χ1) is 23.8. The molecule has 48 heavy (non-hydrogen) atoms. The summed E-state index contributed by atoms with van der Waals surface area (Å²) in [7, 11) is 0. The van der Waals surface area contributed by atoms with Crippen molar-refractivity contribution in [1.82, 2.24) is 4.57 Å². The third-order valence-corrected chi connectivity index (χ3v) is 9.82. The Kier molecular flexibility index (Phi) is 5.91. The van der Waals surface area contributed by atoms with Gasteiger partial charge in [0.1, 0.15) is 11.2 Å². The smallest absolute Gasteiger partial charge is 0.136 e. The van der Waals surface area contributed by atoms with Crippen molar-refractivity contribution in [2.24, 2.45) is 0 Å². The molecule has 0 fully saturated rings. The Bertz CT molecular complexity index is 2720. The number of aromatic nitrogens is 1. The molecule has 10 rings (SSSR count). The molecular weight excluding hydrogens is 583 g/mol. The van der Waals surface area contributed by atoms with Gasteiger partial charge in [-0.3, -0.25) is 0 Å². The van der Waals surface area contributed by atoms with Gasteiger partial charge >= 0.3 is 0 Å². The van der Waals surface area contributed by atoms with E-state index in [1.807, 2.05) is 6.07 Å². The molecule has 0 unspecified atom stereocenters. The largest absolute Gasteiger partial charge is 0.456 e. The summed E-state index contributed by atoms with van der Waals surface area (Å²) in [6, 6.07) is 63.3. The molecule has 2 aromatic heterocycles. The first kappa shape index (κ1) is 26.8. The lowest BCUT2D eigenvalue weighted by Crippen LogP contribution is -1.97. The highest BCUT2D eigenvalue weighted by Crippen LogP contribution is 2.43. The summed E-state index contributed by atoms with van der Waals surface area (Å²) in [6.45, 7) is 0. The Morgan fingerprint density at radius 3 is 1.56 bits per heavy atom. The van der Waals surface area contributed by atoms with Gasteiger partial charge in [0.05, 0.1) is 16.7 Å². The quantitative estimate of drug-likeness (QED) is 0.194. The molecule has 0 saturated carbocycles. The molecular formula is C46H29NO. The summed E-state index contributed by atoms with van der Waals surface area (Å²) >= 11 is 0. The minimum Gasteiger partial charge on any atom is -0.456 e. The van der Waals surface area contributed by atoms with Gasteiger partial charge < -0.3 is 8.98 Å². The zero-order chi connectivity index (χ0) is 31.6. The summed E-state index contributed by atoms with van der Waals surface area (Å²) in [6.07, 6.45) is 0. The van der Waals surface area contributed by atoms with Gasteiger partial charge in [0.25, 0.3) is 0 Å². The minimum atomic E-state index is 0.908. The first-order valence-corrected chi connectivity index (χ1v) is 16.4.